The molecule has 226 valence electrons. The number of rotatable bonds is 1. The topological polar surface area (TPSA) is 4.41 Å². The normalized spacial score (nSPS) is 12.1. The second-order valence-corrected chi connectivity index (χ2v) is 13.2. The van der Waals surface area contributed by atoms with Crippen molar-refractivity contribution in [1.82, 2.24) is 4.40 Å². The number of hydrogen-bond acceptors (Lipinski definition) is 0. The van der Waals surface area contributed by atoms with Crippen LogP contribution in [0.3, 0.4) is 0 Å². The van der Waals surface area contributed by atoms with Crippen molar-refractivity contribution in [3.05, 3.63) is 176 Å². The number of aromatic nitrogens is 1. The zero-order valence-electron chi connectivity index (χ0n) is 26.7. The summed E-state index contributed by atoms with van der Waals surface area (Å²) in [4.78, 5) is 0. The van der Waals surface area contributed by atoms with Crippen LogP contribution >= 0.6 is 0 Å². The van der Waals surface area contributed by atoms with Gasteiger partial charge in [-0.15, -0.1) is 0 Å². The fourth-order valence-electron chi connectivity index (χ4n) is 8.61. The van der Waals surface area contributed by atoms with Gasteiger partial charge in [0.05, 0.1) is 16.6 Å². The summed E-state index contributed by atoms with van der Waals surface area (Å²) in [5.41, 5.74) is 6.12. The standard InChI is InChI=1S/C48H29N/c1-2-16-36-32(12-1)35-15-5-8-19-39(35)44-28-30(24-26-40(36)44)31-25-27-47-45(29-31)43-22-11-21-42-38-18-7-4-14-34(38)33-13-3-6-17-37(33)41-20-9-10-23-46(41)49(47)48(42)43/h1-29H. The third kappa shape index (κ3) is 3.70. The molecule has 0 unspecified atom stereocenters. The van der Waals surface area contributed by atoms with Crippen LogP contribution in [0.25, 0.3) is 103 Å². The van der Waals surface area contributed by atoms with Crippen LogP contribution in [-0.4, -0.2) is 4.40 Å². The minimum atomic E-state index is 1.20. The van der Waals surface area contributed by atoms with Crippen molar-refractivity contribution in [2.75, 3.05) is 0 Å². The quantitative estimate of drug-likeness (QED) is 0.161. The summed E-state index contributed by atoms with van der Waals surface area (Å²) < 4.78 is 2.51. The van der Waals surface area contributed by atoms with Crippen LogP contribution in [0.1, 0.15) is 0 Å². The molecule has 0 amide bonds. The molecule has 11 rings (SSSR count). The third-order valence-corrected chi connectivity index (χ3v) is 10.7. The van der Waals surface area contributed by atoms with Crippen LogP contribution in [0, 0.1) is 0 Å². The fourth-order valence-corrected chi connectivity index (χ4v) is 8.61. The maximum Gasteiger partial charge on any atom is 0.0619 e. The number of nitrogens with zero attached hydrogens (tertiary/aromatic N) is 1. The molecule has 49 heavy (non-hydrogen) atoms. The first-order valence-corrected chi connectivity index (χ1v) is 17.0. The molecular weight excluding hydrogens is 591 g/mol. The molecule has 0 saturated carbocycles. The number of benzene rings is 9. The van der Waals surface area contributed by atoms with Crippen LogP contribution in [0.4, 0.5) is 0 Å². The lowest BCUT2D eigenvalue weighted by atomic mass is 9.92. The second-order valence-electron chi connectivity index (χ2n) is 13.2. The Morgan fingerprint density at radius 1 is 0.224 bits per heavy atom. The number of hydrogen-bond donors (Lipinski definition) is 0. The zero-order chi connectivity index (χ0) is 32.1. The van der Waals surface area contributed by atoms with E-state index >= 15 is 0 Å². The van der Waals surface area contributed by atoms with E-state index in [4.69, 9.17) is 0 Å². The van der Waals surface area contributed by atoms with Crippen molar-refractivity contribution in [3.8, 4) is 11.1 Å². The average molecular weight is 620 g/mol. The van der Waals surface area contributed by atoms with E-state index in [1.807, 2.05) is 0 Å². The predicted molar refractivity (Wildman–Crippen MR) is 212 cm³/mol. The van der Waals surface area contributed by atoms with Crippen LogP contribution in [-0.2, 0) is 0 Å². The van der Waals surface area contributed by atoms with Crippen molar-refractivity contribution in [3.63, 3.8) is 0 Å². The van der Waals surface area contributed by atoms with Gasteiger partial charge >= 0.3 is 0 Å². The summed E-state index contributed by atoms with van der Waals surface area (Å²) in [5.74, 6) is 0. The molecule has 0 fully saturated rings. The Hall–Kier alpha value is -6.44. The Labute approximate surface area is 282 Å². The van der Waals surface area contributed by atoms with Gasteiger partial charge in [0.25, 0.3) is 0 Å². The molecule has 0 spiro atoms. The van der Waals surface area contributed by atoms with E-state index in [1.165, 1.54) is 103 Å². The lowest BCUT2D eigenvalue weighted by molar-refractivity contribution is 1.35. The third-order valence-electron chi connectivity index (χ3n) is 10.7. The van der Waals surface area contributed by atoms with Crippen molar-refractivity contribution in [2.24, 2.45) is 0 Å². The Balaban J connectivity index is 1.29. The van der Waals surface area contributed by atoms with E-state index in [2.05, 4.69) is 180 Å². The summed E-state index contributed by atoms with van der Waals surface area (Å²) in [7, 11) is 0. The molecule has 0 radical (unpaired) electrons. The molecule has 0 atom stereocenters. The summed E-state index contributed by atoms with van der Waals surface area (Å²) in [5, 5.41) is 17.8. The van der Waals surface area contributed by atoms with Crippen LogP contribution in [0.5, 0.6) is 0 Å². The first-order chi connectivity index (χ1) is 24.3. The highest BCUT2D eigenvalue weighted by atomic mass is 14.9. The van der Waals surface area contributed by atoms with E-state index in [0.29, 0.717) is 0 Å². The molecular formula is C48H29N. The minimum Gasteiger partial charge on any atom is -0.308 e. The summed E-state index contributed by atoms with van der Waals surface area (Å²) in [6.45, 7) is 0. The lowest BCUT2D eigenvalue weighted by Crippen LogP contribution is -1.87. The van der Waals surface area contributed by atoms with Crippen LogP contribution in [0.2, 0.25) is 0 Å². The van der Waals surface area contributed by atoms with Gasteiger partial charge in [0.2, 0.25) is 0 Å². The van der Waals surface area contributed by atoms with E-state index in [-0.39, 0.29) is 0 Å². The van der Waals surface area contributed by atoms with Gasteiger partial charge in [0, 0.05) is 21.5 Å². The van der Waals surface area contributed by atoms with Gasteiger partial charge in [-0.3, -0.25) is 0 Å². The second kappa shape index (κ2) is 10.0. The van der Waals surface area contributed by atoms with Gasteiger partial charge in [0.1, 0.15) is 0 Å². The summed E-state index contributed by atoms with van der Waals surface area (Å²) in [6, 6.07) is 65.2. The molecule has 0 aliphatic rings. The van der Waals surface area contributed by atoms with Gasteiger partial charge in [-0.1, -0.05) is 152 Å². The SMILES string of the molecule is c1ccc2c(c1)c1ccccc1c1cc(-c3ccc4c(c3)c3cccc5c6ccccc6c6ccccc6c6ccccc6n4c53)ccc21. The average Bonchev–Trinajstić information content (AvgIpc) is 3.53. The van der Waals surface area contributed by atoms with Gasteiger partial charge in [0.15, 0.2) is 0 Å². The van der Waals surface area contributed by atoms with Gasteiger partial charge in [-0.05, 0) is 89.3 Å². The van der Waals surface area contributed by atoms with Crippen molar-refractivity contribution < 1.29 is 0 Å². The summed E-state index contributed by atoms with van der Waals surface area (Å²) in [6.07, 6.45) is 0. The molecule has 0 aliphatic heterocycles. The molecule has 0 N–H and O–H groups in total. The molecule has 9 aromatic carbocycles. The number of fused-ring (bicyclic) bond motifs is 16. The summed E-state index contributed by atoms with van der Waals surface area (Å²) >= 11 is 0. The Bertz CT molecular complexity index is 3180. The molecule has 1 heteroatoms. The molecule has 0 bridgehead atoms. The van der Waals surface area contributed by atoms with Crippen LogP contribution in [0.15, 0.2) is 176 Å². The predicted octanol–water partition coefficient (Wildman–Crippen LogP) is 13.4. The van der Waals surface area contributed by atoms with Gasteiger partial charge in [-0.2, -0.15) is 0 Å². The lowest BCUT2D eigenvalue weighted by Gasteiger charge is -2.12. The Morgan fingerprint density at radius 3 is 1.14 bits per heavy atom. The van der Waals surface area contributed by atoms with Crippen molar-refractivity contribution >= 4 is 92.0 Å². The first-order valence-electron chi connectivity index (χ1n) is 17.0. The van der Waals surface area contributed by atoms with Crippen LogP contribution < -0.4 is 0 Å². The monoisotopic (exact) mass is 619 g/mol. The smallest absolute Gasteiger partial charge is 0.0619 e. The highest BCUT2D eigenvalue weighted by Crippen LogP contribution is 2.41. The van der Waals surface area contributed by atoms with Gasteiger partial charge < -0.3 is 4.40 Å². The van der Waals surface area contributed by atoms with Gasteiger partial charge in [-0.25, -0.2) is 0 Å². The van der Waals surface area contributed by atoms with E-state index in [0.717, 1.165) is 0 Å². The van der Waals surface area contributed by atoms with E-state index < -0.39 is 0 Å². The maximum atomic E-state index is 2.51. The molecule has 1 nitrogen and oxygen atoms in total. The minimum absolute atomic E-state index is 1.20. The van der Waals surface area contributed by atoms with Crippen molar-refractivity contribution in [2.45, 2.75) is 0 Å². The molecule has 2 heterocycles. The molecule has 0 saturated heterocycles. The Kier molecular flexibility index (Phi) is 5.45. The number of para-hydroxylation sites is 2. The van der Waals surface area contributed by atoms with Crippen molar-refractivity contribution in [1.29, 1.82) is 0 Å². The highest BCUT2D eigenvalue weighted by Gasteiger charge is 2.16. The largest absolute Gasteiger partial charge is 0.308 e. The fraction of sp³-hybridized carbons (Fsp3) is 0. The van der Waals surface area contributed by atoms with E-state index in [1.54, 1.807) is 0 Å². The first kappa shape index (κ1) is 26.6. The highest BCUT2D eigenvalue weighted by molar-refractivity contribution is 6.27. The van der Waals surface area contributed by atoms with E-state index in [9.17, 15) is 0 Å². The maximum absolute atomic E-state index is 2.51. The zero-order valence-corrected chi connectivity index (χ0v) is 26.7. The molecule has 0 aliphatic carbocycles. The Morgan fingerprint density at radius 2 is 0.571 bits per heavy atom. The molecule has 11 aromatic rings. The molecule has 2 aromatic heterocycles.